The fraction of sp³-hybridized carbons (Fsp3) is 0.636. The van der Waals surface area contributed by atoms with E-state index in [-0.39, 0.29) is 6.54 Å². The van der Waals surface area contributed by atoms with E-state index in [4.69, 9.17) is 5.11 Å². The number of carboxylic acids is 1. The van der Waals surface area contributed by atoms with E-state index in [1.165, 1.54) is 0 Å². The van der Waals surface area contributed by atoms with E-state index in [9.17, 15) is 4.79 Å². The molecule has 1 N–H and O–H groups in total. The molecule has 5 heteroatoms. The van der Waals surface area contributed by atoms with Gasteiger partial charge in [0.2, 0.25) is 0 Å². The normalized spacial score (nSPS) is 10.9. The average molecular weight is 225 g/mol. The highest BCUT2D eigenvalue weighted by Gasteiger charge is 2.08. The zero-order valence-corrected chi connectivity index (χ0v) is 9.89. The van der Waals surface area contributed by atoms with Crippen LogP contribution in [0.25, 0.3) is 0 Å². The Labute approximate surface area is 95.7 Å². The van der Waals surface area contributed by atoms with Crippen LogP contribution in [-0.4, -0.2) is 45.2 Å². The second kappa shape index (κ2) is 6.27. The van der Waals surface area contributed by atoms with Crippen molar-refractivity contribution in [1.82, 2.24) is 14.5 Å². The Kier molecular flexibility index (Phi) is 4.98. The molecule has 1 heterocycles. The van der Waals surface area contributed by atoms with Crippen LogP contribution in [0, 0.1) is 6.92 Å². The summed E-state index contributed by atoms with van der Waals surface area (Å²) in [5, 5.41) is 8.76. The number of imidazole rings is 1. The molecule has 90 valence electrons. The molecule has 0 atom stereocenters. The summed E-state index contributed by atoms with van der Waals surface area (Å²) in [6, 6.07) is 0. The topological polar surface area (TPSA) is 58.4 Å². The molecule has 1 rings (SSSR count). The van der Waals surface area contributed by atoms with Crippen molar-refractivity contribution in [2.75, 3.05) is 19.6 Å². The maximum atomic E-state index is 10.7. The minimum Gasteiger partial charge on any atom is -0.480 e. The zero-order valence-electron chi connectivity index (χ0n) is 9.89. The van der Waals surface area contributed by atoms with Crippen molar-refractivity contribution in [1.29, 1.82) is 0 Å². The Morgan fingerprint density at radius 3 is 2.81 bits per heavy atom. The first-order valence-corrected chi connectivity index (χ1v) is 5.55. The Balaban J connectivity index is 2.43. The third-order valence-electron chi connectivity index (χ3n) is 2.48. The van der Waals surface area contributed by atoms with Crippen LogP contribution >= 0.6 is 0 Å². The van der Waals surface area contributed by atoms with Crippen LogP contribution in [-0.2, 0) is 11.3 Å². The number of carbonyl (C=O) groups is 1. The van der Waals surface area contributed by atoms with Crippen molar-refractivity contribution < 1.29 is 9.90 Å². The molecule has 0 aliphatic carbocycles. The van der Waals surface area contributed by atoms with Crippen molar-refractivity contribution in [2.45, 2.75) is 26.8 Å². The molecule has 1 aromatic rings. The van der Waals surface area contributed by atoms with Crippen molar-refractivity contribution >= 4 is 5.97 Å². The van der Waals surface area contributed by atoms with Crippen molar-refractivity contribution in [3.05, 3.63) is 18.2 Å². The average Bonchev–Trinajstić information content (AvgIpc) is 2.60. The van der Waals surface area contributed by atoms with Crippen LogP contribution in [0.2, 0.25) is 0 Å². The molecule has 5 nitrogen and oxygen atoms in total. The number of carboxylic acid groups (broad SMARTS) is 1. The van der Waals surface area contributed by atoms with Gasteiger partial charge in [0.05, 0.1) is 6.54 Å². The molecule has 0 unspecified atom stereocenters. The number of hydrogen-bond donors (Lipinski definition) is 1. The van der Waals surface area contributed by atoms with Gasteiger partial charge in [0.1, 0.15) is 5.82 Å². The zero-order chi connectivity index (χ0) is 12.0. The minimum atomic E-state index is -0.768. The van der Waals surface area contributed by atoms with Gasteiger partial charge in [-0.3, -0.25) is 9.69 Å². The van der Waals surface area contributed by atoms with Crippen LogP contribution < -0.4 is 0 Å². The van der Waals surface area contributed by atoms with E-state index in [2.05, 4.69) is 11.9 Å². The number of aliphatic carboxylic acids is 1. The van der Waals surface area contributed by atoms with E-state index in [1.54, 1.807) is 6.20 Å². The largest absolute Gasteiger partial charge is 0.480 e. The van der Waals surface area contributed by atoms with Crippen molar-refractivity contribution in [2.24, 2.45) is 0 Å². The predicted molar refractivity (Wildman–Crippen MR) is 61.3 cm³/mol. The molecule has 0 radical (unpaired) electrons. The van der Waals surface area contributed by atoms with Crippen LogP contribution in [0.4, 0.5) is 0 Å². The van der Waals surface area contributed by atoms with Crippen LogP contribution in [0.3, 0.4) is 0 Å². The van der Waals surface area contributed by atoms with Crippen molar-refractivity contribution in [3.8, 4) is 0 Å². The van der Waals surface area contributed by atoms with Crippen LogP contribution in [0.5, 0.6) is 0 Å². The third-order valence-corrected chi connectivity index (χ3v) is 2.48. The highest BCUT2D eigenvalue weighted by molar-refractivity contribution is 5.69. The first-order chi connectivity index (χ1) is 7.63. The van der Waals surface area contributed by atoms with Gasteiger partial charge in [0.15, 0.2) is 0 Å². The molecule has 0 spiro atoms. The molecule has 0 saturated heterocycles. The lowest BCUT2D eigenvalue weighted by atomic mass is 10.4. The first kappa shape index (κ1) is 12.7. The Bertz CT molecular complexity index is 336. The minimum absolute atomic E-state index is 0.113. The van der Waals surface area contributed by atoms with E-state index >= 15 is 0 Å². The van der Waals surface area contributed by atoms with E-state index in [0.717, 1.165) is 31.9 Å². The molecule has 0 amide bonds. The van der Waals surface area contributed by atoms with Gasteiger partial charge < -0.3 is 9.67 Å². The van der Waals surface area contributed by atoms with E-state index < -0.39 is 5.97 Å². The molecule has 0 aromatic carbocycles. The maximum absolute atomic E-state index is 10.7. The number of nitrogens with zero attached hydrogens (tertiary/aromatic N) is 3. The summed E-state index contributed by atoms with van der Waals surface area (Å²) in [6.07, 6.45) is 4.65. The molecular formula is C11H19N3O2. The lowest BCUT2D eigenvalue weighted by Crippen LogP contribution is -2.33. The SMILES string of the molecule is CCCN(CCn1ccnc1C)CC(=O)O. The van der Waals surface area contributed by atoms with Gasteiger partial charge in [-0.1, -0.05) is 6.92 Å². The summed E-state index contributed by atoms with van der Waals surface area (Å²) in [5.41, 5.74) is 0. The van der Waals surface area contributed by atoms with E-state index in [0.29, 0.717) is 0 Å². The highest BCUT2D eigenvalue weighted by Crippen LogP contribution is 1.98. The summed E-state index contributed by atoms with van der Waals surface area (Å²) in [6.45, 7) is 6.47. The smallest absolute Gasteiger partial charge is 0.317 e. The summed E-state index contributed by atoms with van der Waals surface area (Å²) in [5.74, 6) is 0.197. The Morgan fingerprint density at radius 1 is 1.56 bits per heavy atom. The Hall–Kier alpha value is -1.36. The number of aryl methyl sites for hydroxylation is 1. The quantitative estimate of drug-likeness (QED) is 0.751. The summed E-state index contributed by atoms with van der Waals surface area (Å²) in [7, 11) is 0. The molecule has 0 aliphatic rings. The molecular weight excluding hydrogens is 206 g/mol. The fourth-order valence-corrected chi connectivity index (χ4v) is 1.67. The highest BCUT2D eigenvalue weighted by atomic mass is 16.4. The number of rotatable bonds is 7. The molecule has 0 aliphatic heterocycles. The van der Waals surface area contributed by atoms with Gasteiger partial charge >= 0.3 is 5.97 Å². The summed E-state index contributed by atoms with van der Waals surface area (Å²) in [4.78, 5) is 16.7. The predicted octanol–water partition coefficient (Wildman–Crippen LogP) is 0.988. The molecule has 0 fully saturated rings. The van der Waals surface area contributed by atoms with Crippen molar-refractivity contribution in [3.63, 3.8) is 0 Å². The standard InChI is InChI=1S/C11H19N3O2/c1-3-5-13(9-11(15)16)7-8-14-6-4-12-10(14)2/h4,6H,3,5,7-9H2,1-2H3,(H,15,16). The second-order valence-electron chi connectivity index (χ2n) is 3.84. The fourth-order valence-electron chi connectivity index (χ4n) is 1.67. The van der Waals surface area contributed by atoms with Gasteiger partial charge in [-0.2, -0.15) is 0 Å². The molecule has 0 bridgehead atoms. The maximum Gasteiger partial charge on any atom is 0.317 e. The van der Waals surface area contributed by atoms with E-state index in [1.807, 2.05) is 22.6 Å². The van der Waals surface area contributed by atoms with Gasteiger partial charge in [-0.15, -0.1) is 0 Å². The van der Waals surface area contributed by atoms with Crippen LogP contribution in [0.15, 0.2) is 12.4 Å². The summed E-state index contributed by atoms with van der Waals surface area (Å²) < 4.78 is 2.03. The lowest BCUT2D eigenvalue weighted by molar-refractivity contribution is -0.138. The monoisotopic (exact) mass is 225 g/mol. The first-order valence-electron chi connectivity index (χ1n) is 5.55. The number of hydrogen-bond acceptors (Lipinski definition) is 3. The lowest BCUT2D eigenvalue weighted by Gasteiger charge is -2.19. The van der Waals surface area contributed by atoms with Crippen LogP contribution in [0.1, 0.15) is 19.2 Å². The number of aromatic nitrogens is 2. The molecule has 16 heavy (non-hydrogen) atoms. The Morgan fingerprint density at radius 2 is 2.31 bits per heavy atom. The van der Waals surface area contributed by atoms with Gasteiger partial charge in [-0.25, -0.2) is 4.98 Å². The van der Waals surface area contributed by atoms with Gasteiger partial charge in [-0.05, 0) is 19.9 Å². The third kappa shape index (κ3) is 4.02. The van der Waals surface area contributed by atoms with Gasteiger partial charge in [0, 0.05) is 25.5 Å². The second-order valence-corrected chi connectivity index (χ2v) is 3.84. The van der Waals surface area contributed by atoms with Gasteiger partial charge in [0.25, 0.3) is 0 Å². The molecule has 0 saturated carbocycles. The summed E-state index contributed by atoms with van der Waals surface area (Å²) >= 11 is 0. The molecule has 1 aromatic heterocycles.